The van der Waals surface area contributed by atoms with Crippen LogP contribution in [0.15, 0.2) is 188 Å². The third-order valence-electron chi connectivity index (χ3n) is 10.4. The largest absolute Gasteiger partial charge is 0.310 e. The Balaban J connectivity index is 1.30. The van der Waals surface area contributed by atoms with E-state index in [4.69, 9.17) is 0 Å². The molecule has 0 N–H and O–H groups in total. The molecule has 51 heavy (non-hydrogen) atoms. The molecular formula is C49H34N2. The predicted octanol–water partition coefficient (Wildman–Crippen LogP) is 13.7. The third kappa shape index (κ3) is 4.65. The summed E-state index contributed by atoms with van der Waals surface area (Å²) in [4.78, 5) is 2.45. The van der Waals surface area contributed by atoms with Crippen molar-refractivity contribution in [1.29, 1.82) is 0 Å². The monoisotopic (exact) mass is 650 g/mol. The zero-order valence-electron chi connectivity index (χ0n) is 28.3. The van der Waals surface area contributed by atoms with E-state index in [1.165, 1.54) is 70.8 Å². The minimum absolute atomic E-state index is 1.11. The second-order valence-corrected chi connectivity index (χ2v) is 13.4. The Labute approximate surface area is 297 Å². The Kier molecular flexibility index (Phi) is 6.75. The number of rotatable bonds is 5. The molecule has 2 heteroatoms. The molecule has 0 aliphatic heterocycles. The topological polar surface area (TPSA) is 8.17 Å². The van der Waals surface area contributed by atoms with Crippen molar-refractivity contribution in [3.63, 3.8) is 0 Å². The van der Waals surface area contributed by atoms with Crippen molar-refractivity contribution in [3.8, 4) is 16.8 Å². The second-order valence-electron chi connectivity index (χ2n) is 13.4. The van der Waals surface area contributed by atoms with Gasteiger partial charge in [0.25, 0.3) is 0 Å². The Morgan fingerprint density at radius 1 is 0.392 bits per heavy atom. The van der Waals surface area contributed by atoms with E-state index in [1.807, 2.05) is 0 Å². The molecule has 0 aliphatic rings. The van der Waals surface area contributed by atoms with E-state index in [1.54, 1.807) is 0 Å². The Morgan fingerprint density at radius 3 is 1.69 bits per heavy atom. The summed E-state index contributed by atoms with van der Waals surface area (Å²) in [6.45, 7) is 2.15. The highest BCUT2D eigenvalue weighted by Crippen LogP contribution is 2.46. The number of aryl methyl sites for hydroxylation is 1. The number of nitrogens with zero attached hydrogens (tertiary/aromatic N) is 2. The van der Waals surface area contributed by atoms with E-state index in [-0.39, 0.29) is 0 Å². The third-order valence-corrected chi connectivity index (χ3v) is 10.4. The smallest absolute Gasteiger partial charge is 0.0562 e. The normalized spacial score (nSPS) is 11.6. The first kappa shape index (κ1) is 29.3. The standard InChI is InChI=1S/C49H34N2/c1-33-26-28-35(29-27-33)50(47-25-13-22-44-40-18-6-5-17-38(40)39-19-7-8-21-43(39)49(44)47)36-30-31-42-41-20-10-12-24-46(41)51(48(42)32-36)45-23-11-9-16-37(45)34-14-3-2-4-15-34/h2-32H,1H3. The van der Waals surface area contributed by atoms with Crippen LogP contribution in [-0.2, 0) is 0 Å². The fraction of sp³-hybridized carbons (Fsp3) is 0.0204. The van der Waals surface area contributed by atoms with Crippen LogP contribution < -0.4 is 4.90 Å². The number of hydrogen-bond acceptors (Lipinski definition) is 1. The van der Waals surface area contributed by atoms with E-state index in [0.29, 0.717) is 0 Å². The first-order valence-corrected chi connectivity index (χ1v) is 17.6. The lowest BCUT2D eigenvalue weighted by atomic mass is 9.93. The lowest BCUT2D eigenvalue weighted by Crippen LogP contribution is -2.11. The van der Waals surface area contributed by atoms with E-state index >= 15 is 0 Å². The van der Waals surface area contributed by atoms with Gasteiger partial charge in [0.2, 0.25) is 0 Å². The molecule has 2 nitrogen and oxygen atoms in total. The molecule has 240 valence electrons. The lowest BCUT2D eigenvalue weighted by molar-refractivity contribution is 1.18. The van der Waals surface area contributed by atoms with Gasteiger partial charge in [-0.15, -0.1) is 0 Å². The molecule has 10 rings (SSSR count). The highest BCUT2D eigenvalue weighted by Gasteiger charge is 2.21. The molecule has 0 unspecified atom stereocenters. The minimum Gasteiger partial charge on any atom is -0.310 e. The first-order chi connectivity index (χ1) is 25.2. The molecule has 0 radical (unpaired) electrons. The SMILES string of the molecule is Cc1ccc(N(c2ccc3c4ccccc4n(-c4ccccc4-c4ccccc4)c3c2)c2cccc3c4ccccc4c4ccccc4c23)cc1. The van der Waals surface area contributed by atoms with Crippen LogP contribution in [0, 0.1) is 6.92 Å². The van der Waals surface area contributed by atoms with Crippen LogP contribution in [0.5, 0.6) is 0 Å². The molecule has 1 heterocycles. The maximum Gasteiger partial charge on any atom is 0.0562 e. The molecule has 9 aromatic carbocycles. The Bertz CT molecular complexity index is 2870. The van der Waals surface area contributed by atoms with Crippen molar-refractivity contribution in [2.24, 2.45) is 0 Å². The van der Waals surface area contributed by atoms with E-state index in [2.05, 4.69) is 204 Å². The van der Waals surface area contributed by atoms with Gasteiger partial charge in [0, 0.05) is 33.1 Å². The van der Waals surface area contributed by atoms with Crippen molar-refractivity contribution >= 4 is 71.2 Å². The van der Waals surface area contributed by atoms with Gasteiger partial charge in [0.15, 0.2) is 0 Å². The zero-order valence-corrected chi connectivity index (χ0v) is 28.3. The molecule has 10 aromatic rings. The number of benzene rings is 9. The van der Waals surface area contributed by atoms with Crippen molar-refractivity contribution < 1.29 is 0 Å². The molecule has 0 saturated carbocycles. The summed E-state index contributed by atoms with van der Waals surface area (Å²) < 4.78 is 2.45. The Hall–Kier alpha value is -6.64. The fourth-order valence-corrected chi connectivity index (χ4v) is 8.13. The Morgan fingerprint density at radius 2 is 0.941 bits per heavy atom. The van der Waals surface area contributed by atoms with Crippen LogP contribution in [0.4, 0.5) is 17.1 Å². The highest BCUT2D eigenvalue weighted by atomic mass is 15.1. The van der Waals surface area contributed by atoms with Gasteiger partial charge in [-0.1, -0.05) is 151 Å². The molecule has 0 saturated heterocycles. The summed E-state index contributed by atoms with van der Waals surface area (Å²) in [5.74, 6) is 0. The van der Waals surface area contributed by atoms with Gasteiger partial charge in [0.1, 0.15) is 0 Å². The number of para-hydroxylation sites is 2. The van der Waals surface area contributed by atoms with Gasteiger partial charge in [0.05, 0.1) is 22.4 Å². The van der Waals surface area contributed by atoms with Crippen LogP contribution in [-0.4, -0.2) is 4.57 Å². The molecule has 0 atom stereocenters. The fourth-order valence-electron chi connectivity index (χ4n) is 8.13. The summed E-state index contributed by atoms with van der Waals surface area (Å²) in [5, 5.41) is 10.1. The number of fused-ring (bicyclic) bond motifs is 9. The molecule has 0 amide bonds. The van der Waals surface area contributed by atoms with Gasteiger partial charge in [-0.2, -0.15) is 0 Å². The van der Waals surface area contributed by atoms with E-state index in [9.17, 15) is 0 Å². The summed E-state index contributed by atoms with van der Waals surface area (Å²) in [6.07, 6.45) is 0. The van der Waals surface area contributed by atoms with Gasteiger partial charge in [-0.25, -0.2) is 0 Å². The average Bonchev–Trinajstić information content (AvgIpc) is 3.53. The molecular weight excluding hydrogens is 617 g/mol. The van der Waals surface area contributed by atoms with Gasteiger partial charge in [-0.3, -0.25) is 0 Å². The molecule has 0 fully saturated rings. The van der Waals surface area contributed by atoms with Crippen LogP contribution in [0.25, 0.3) is 70.9 Å². The highest BCUT2D eigenvalue weighted by molar-refractivity contribution is 6.28. The minimum atomic E-state index is 1.11. The predicted molar refractivity (Wildman–Crippen MR) is 218 cm³/mol. The van der Waals surface area contributed by atoms with Crippen molar-refractivity contribution in [2.75, 3.05) is 4.90 Å². The number of anilines is 3. The van der Waals surface area contributed by atoms with Crippen LogP contribution in [0.1, 0.15) is 5.56 Å². The maximum atomic E-state index is 2.45. The summed E-state index contributed by atoms with van der Waals surface area (Å²) in [6, 6.07) is 68.7. The summed E-state index contributed by atoms with van der Waals surface area (Å²) in [5.41, 5.74) is 10.6. The van der Waals surface area contributed by atoms with Crippen molar-refractivity contribution in [1.82, 2.24) is 4.57 Å². The van der Waals surface area contributed by atoms with Gasteiger partial charge in [-0.05, 0) is 81.9 Å². The van der Waals surface area contributed by atoms with Crippen LogP contribution >= 0.6 is 0 Å². The number of aromatic nitrogens is 1. The molecule has 0 spiro atoms. The maximum absolute atomic E-state index is 2.45. The summed E-state index contributed by atoms with van der Waals surface area (Å²) >= 11 is 0. The molecule has 0 aliphatic carbocycles. The summed E-state index contributed by atoms with van der Waals surface area (Å²) in [7, 11) is 0. The average molecular weight is 651 g/mol. The zero-order chi connectivity index (χ0) is 33.9. The van der Waals surface area contributed by atoms with Gasteiger partial charge >= 0.3 is 0 Å². The van der Waals surface area contributed by atoms with Crippen molar-refractivity contribution in [3.05, 3.63) is 194 Å². The second kappa shape index (κ2) is 11.8. The lowest BCUT2D eigenvalue weighted by Gasteiger charge is -2.28. The van der Waals surface area contributed by atoms with Crippen LogP contribution in [0.2, 0.25) is 0 Å². The number of hydrogen-bond donors (Lipinski definition) is 0. The van der Waals surface area contributed by atoms with Crippen LogP contribution in [0.3, 0.4) is 0 Å². The first-order valence-electron chi connectivity index (χ1n) is 17.6. The van der Waals surface area contributed by atoms with Crippen molar-refractivity contribution in [2.45, 2.75) is 6.92 Å². The van der Waals surface area contributed by atoms with E-state index < -0.39 is 0 Å². The molecule has 1 aromatic heterocycles. The van der Waals surface area contributed by atoms with E-state index in [0.717, 1.165) is 22.7 Å². The quantitative estimate of drug-likeness (QED) is 0.168. The van der Waals surface area contributed by atoms with Gasteiger partial charge < -0.3 is 9.47 Å². The molecule has 0 bridgehead atoms.